The first-order valence-electron chi connectivity index (χ1n) is 11.7. The van der Waals surface area contributed by atoms with E-state index in [1.807, 2.05) is 13.0 Å². The second-order valence-corrected chi connectivity index (χ2v) is 9.24. The molecular weight excluding hydrogens is 448 g/mol. The number of imide groups is 1. The summed E-state index contributed by atoms with van der Waals surface area (Å²) in [4.78, 5) is 54.2. The maximum atomic E-state index is 13.0. The first kappa shape index (κ1) is 22.8. The largest absolute Gasteiger partial charge is 0.497 e. The summed E-state index contributed by atoms with van der Waals surface area (Å²) in [5, 5.41) is 0. The Morgan fingerprint density at radius 2 is 1.60 bits per heavy atom. The van der Waals surface area contributed by atoms with Crippen molar-refractivity contribution in [1.29, 1.82) is 0 Å². The molecule has 3 amide bonds. The predicted molar refractivity (Wildman–Crippen MR) is 128 cm³/mol. The molecule has 0 radical (unpaired) electrons. The van der Waals surface area contributed by atoms with E-state index >= 15 is 0 Å². The van der Waals surface area contributed by atoms with Crippen LogP contribution in [0.15, 0.2) is 60.2 Å². The standard InChI is InChI=1S/C27H26N2O6/c1-16-9-10-22-23(11-16)26(32)29(25(22)31)19-6-4-8-21(14-19)35-27(33)17-12-24(30)28(15-17)18-5-3-7-20(13-18)34-2/h3-9,13-14,17,22-23H,10-12,15H2,1-2H3/t17-,22-,23-/m1/s1. The molecule has 2 saturated heterocycles. The van der Waals surface area contributed by atoms with Crippen LogP contribution >= 0.6 is 0 Å². The van der Waals surface area contributed by atoms with Crippen molar-refractivity contribution in [3.63, 3.8) is 0 Å². The Balaban J connectivity index is 1.29. The van der Waals surface area contributed by atoms with E-state index in [0.29, 0.717) is 30.0 Å². The third kappa shape index (κ3) is 4.20. The lowest BCUT2D eigenvalue weighted by atomic mass is 9.82. The molecule has 8 nitrogen and oxygen atoms in total. The van der Waals surface area contributed by atoms with Crippen molar-refractivity contribution in [2.45, 2.75) is 26.2 Å². The van der Waals surface area contributed by atoms with Gasteiger partial charge in [-0.3, -0.25) is 19.2 Å². The van der Waals surface area contributed by atoms with Crippen molar-refractivity contribution < 1.29 is 28.7 Å². The second-order valence-electron chi connectivity index (χ2n) is 9.24. The Morgan fingerprint density at radius 3 is 2.37 bits per heavy atom. The number of hydrogen-bond acceptors (Lipinski definition) is 6. The smallest absolute Gasteiger partial charge is 0.316 e. The predicted octanol–water partition coefficient (Wildman–Crippen LogP) is 3.50. The molecule has 8 heteroatoms. The molecule has 0 spiro atoms. The van der Waals surface area contributed by atoms with Crippen molar-refractivity contribution >= 4 is 35.1 Å². The number of hydrogen-bond donors (Lipinski definition) is 0. The van der Waals surface area contributed by atoms with E-state index in [2.05, 4.69) is 0 Å². The Bertz CT molecular complexity index is 1250. The molecule has 2 aliphatic heterocycles. The van der Waals surface area contributed by atoms with Crippen LogP contribution < -0.4 is 19.3 Å². The quantitative estimate of drug-likeness (QED) is 0.285. The zero-order valence-corrected chi connectivity index (χ0v) is 19.6. The van der Waals surface area contributed by atoms with Gasteiger partial charge in [0, 0.05) is 30.8 Å². The Labute approximate surface area is 203 Å². The maximum absolute atomic E-state index is 13.0. The van der Waals surface area contributed by atoms with Crippen LogP contribution in [0, 0.1) is 17.8 Å². The van der Waals surface area contributed by atoms with Crippen LogP contribution in [0.3, 0.4) is 0 Å². The van der Waals surface area contributed by atoms with Crippen molar-refractivity contribution in [2.24, 2.45) is 17.8 Å². The van der Waals surface area contributed by atoms with E-state index in [1.165, 1.54) is 11.0 Å². The Kier molecular flexibility index (Phi) is 5.88. The number of carbonyl (C=O) groups is 4. The fraction of sp³-hybridized carbons (Fsp3) is 0.333. The summed E-state index contributed by atoms with van der Waals surface area (Å²) in [5.41, 5.74) is 2.16. The van der Waals surface area contributed by atoms with Gasteiger partial charge in [0.1, 0.15) is 11.5 Å². The monoisotopic (exact) mass is 474 g/mol. The lowest BCUT2D eigenvalue weighted by Crippen LogP contribution is -2.31. The van der Waals surface area contributed by atoms with Gasteiger partial charge in [-0.05, 0) is 44.0 Å². The van der Waals surface area contributed by atoms with Gasteiger partial charge in [0.25, 0.3) is 0 Å². The summed E-state index contributed by atoms with van der Waals surface area (Å²) in [6, 6.07) is 13.5. The lowest BCUT2D eigenvalue weighted by Gasteiger charge is -2.18. The summed E-state index contributed by atoms with van der Waals surface area (Å²) in [5.74, 6) is -1.62. The number of carbonyl (C=O) groups excluding carboxylic acids is 4. The van der Waals surface area contributed by atoms with Crippen LogP contribution in [-0.4, -0.2) is 37.3 Å². The van der Waals surface area contributed by atoms with E-state index in [4.69, 9.17) is 9.47 Å². The lowest BCUT2D eigenvalue weighted by molar-refractivity contribution is -0.139. The minimum absolute atomic E-state index is 0.0363. The number of nitrogens with zero attached hydrogens (tertiary/aromatic N) is 2. The van der Waals surface area contributed by atoms with Crippen molar-refractivity contribution in [2.75, 3.05) is 23.5 Å². The number of esters is 1. The topological polar surface area (TPSA) is 93.2 Å². The minimum atomic E-state index is -0.635. The van der Waals surface area contributed by atoms with E-state index in [-0.39, 0.29) is 48.3 Å². The number of methoxy groups -OCH3 is 1. The van der Waals surface area contributed by atoms with E-state index in [9.17, 15) is 19.2 Å². The van der Waals surface area contributed by atoms with E-state index in [0.717, 1.165) is 5.57 Å². The zero-order valence-electron chi connectivity index (χ0n) is 19.6. The van der Waals surface area contributed by atoms with Crippen LogP contribution in [-0.2, 0) is 19.2 Å². The highest BCUT2D eigenvalue weighted by Crippen LogP contribution is 2.40. The second kappa shape index (κ2) is 9.02. The van der Waals surface area contributed by atoms with Crippen LogP contribution in [0.2, 0.25) is 0 Å². The van der Waals surface area contributed by atoms with Crippen LogP contribution in [0.5, 0.6) is 11.5 Å². The molecule has 35 heavy (non-hydrogen) atoms. The van der Waals surface area contributed by atoms with Gasteiger partial charge in [-0.15, -0.1) is 0 Å². The molecule has 2 aromatic carbocycles. The molecule has 0 bridgehead atoms. The highest BCUT2D eigenvalue weighted by atomic mass is 16.5. The van der Waals surface area contributed by atoms with Gasteiger partial charge in [-0.25, -0.2) is 4.90 Å². The first-order chi connectivity index (χ1) is 16.9. The third-order valence-corrected chi connectivity index (χ3v) is 6.94. The van der Waals surface area contributed by atoms with E-state index in [1.54, 1.807) is 54.5 Å². The van der Waals surface area contributed by atoms with Gasteiger partial charge < -0.3 is 14.4 Å². The highest BCUT2D eigenvalue weighted by molar-refractivity contribution is 6.22. The Morgan fingerprint density at radius 1 is 0.914 bits per heavy atom. The van der Waals surface area contributed by atoms with Crippen LogP contribution in [0.4, 0.5) is 11.4 Å². The molecule has 1 aliphatic carbocycles. The number of amides is 3. The highest BCUT2D eigenvalue weighted by Gasteiger charge is 2.48. The summed E-state index contributed by atoms with van der Waals surface area (Å²) < 4.78 is 10.8. The fourth-order valence-electron chi connectivity index (χ4n) is 5.07. The molecule has 2 fully saturated rings. The maximum Gasteiger partial charge on any atom is 0.316 e. The molecule has 0 saturated carbocycles. The van der Waals surface area contributed by atoms with Crippen molar-refractivity contribution in [3.8, 4) is 11.5 Å². The molecule has 3 aliphatic rings. The summed E-state index contributed by atoms with van der Waals surface area (Å²) >= 11 is 0. The number of benzene rings is 2. The average Bonchev–Trinajstić information content (AvgIpc) is 3.36. The van der Waals surface area contributed by atoms with Gasteiger partial charge in [0.2, 0.25) is 17.7 Å². The van der Waals surface area contributed by atoms with Crippen LogP contribution in [0.25, 0.3) is 0 Å². The molecule has 5 rings (SSSR count). The first-order valence-corrected chi connectivity index (χ1v) is 11.7. The summed E-state index contributed by atoms with van der Waals surface area (Å²) in [7, 11) is 1.55. The number of rotatable bonds is 5. The van der Waals surface area contributed by atoms with Crippen molar-refractivity contribution in [3.05, 3.63) is 60.2 Å². The molecule has 2 heterocycles. The van der Waals surface area contributed by atoms with Gasteiger partial charge >= 0.3 is 5.97 Å². The minimum Gasteiger partial charge on any atom is -0.497 e. The molecule has 0 N–H and O–H groups in total. The number of fused-ring (bicyclic) bond motifs is 1. The number of anilines is 2. The molecular formula is C27H26N2O6. The van der Waals surface area contributed by atoms with Gasteiger partial charge in [-0.2, -0.15) is 0 Å². The fourth-order valence-corrected chi connectivity index (χ4v) is 5.07. The van der Waals surface area contributed by atoms with Crippen LogP contribution in [0.1, 0.15) is 26.2 Å². The number of ether oxygens (including phenoxy) is 2. The molecule has 2 aromatic rings. The van der Waals surface area contributed by atoms with Gasteiger partial charge in [0.15, 0.2) is 0 Å². The van der Waals surface area contributed by atoms with Crippen molar-refractivity contribution in [1.82, 2.24) is 0 Å². The molecule has 3 atom stereocenters. The zero-order chi connectivity index (χ0) is 24.7. The van der Waals surface area contributed by atoms with E-state index < -0.39 is 11.9 Å². The third-order valence-electron chi connectivity index (χ3n) is 6.94. The van der Waals surface area contributed by atoms with Gasteiger partial charge in [-0.1, -0.05) is 23.8 Å². The SMILES string of the molecule is COc1cccc(N2C[C@H](C(=O)Oc3cccc(N4C(=O)[C@@H]5CC=C(C)C[C@H]5C4=O)c3)CC2=O)c1. The number of allylic oxidation sites excluding steroid dienone is 2. The Hall–Kier alpha value is -3.94. The molecule has 0 aromatic heterocycles. The summed E-state index contributed by atoms with van der Waals surface area (Å²) in [6.07, 6.45) is 3.20. The van der Waals surface area contributed by atoms with Gasteiger partial charge in [0.05, 0.1) is 30.6 Å². The molecule has 180 valence electrons. The molecule has 0 unspecified atom stereocenters. The summed E-state index contributed by atoms with van der Waals surface area (Å²) in [6.45, 7) is 2.17. The average molecular weight is 475 g/mol. The normalized spacial score (nSPS) is 23.9.